The molecular weight excluding hydrogens is 260 g/mol. The van der Waals surface area contributed by atoms with Crippen LogP contribution < -0.4 is 10.9 Å². The Balaban J connectivity index is 1.98. The van der Waals surface area contributed by atoms with Crippen molar-refractivity contribution in [3.63, 3.8) is 0 Å². The maximum absolute atomic E-state index is 12.0. The summed E-state index contributed by atoms with van der Waals surface area (Å²) in [7, 11) is 0. The van der Waals surface area contributed by atoms with Crippen LogP contribution in [0.25, 0.3) is 0 Å². The van der Waals surface area contributed by atoms with Crippen molar-refractivity contribution < 1.29 is 14.7 Å². The highest BCUT2D eigenvalue weighted by Crippen LogP contribution is 2.31. The molecule has 1 amide bonds. The van der Waals surface area contributed by atoms with Gasteiger partial charge in [0, 0.05) is 11.8 Å². The fraction of sp³-hybridized carbons (Fsp3) is 0.500. The summed E-state index contributed by atoms with van der Waals surface area (Å²) < 4.78 is 0. The number of hydrogen-bond acceptors (Lipinski definition) is 3. The Morgan fingerprint density at radius 3 is 2.65 bits per heavy atom. The van der Waals surface area contributed by atoms with Crippen molar-refractivity contribution >= 4 is 11.9 Å². The van der Waals surface area contributed by atoms with Gasteiger partial charge in [-0.3, -0.25) is 14.4 Å². The molecule has 1 aromatic heterocycles. The van der Waals surface area contributed by atoms with Crippen LogP contribution in [0.1, 0.15) is 31.4 Å². The Morgan fingerprint density at radius 1 is 1.35 bits per heavy atom. The van der Waals surface area contributed by atoms with Gasteiger partial charge in [-0.1, -0.05) is 18.9 Å². The van der Waals surface area contributed by atoms with E-state index in [1.54, 1.807) is 12.1 Å². The van der Waals surface area contributed by atoms with Gasteiger partial charge in [0.15, 0.2) is 0 Å². The summed E-state index contributed by atoms with van der Waals surface area (Å²) in [5, 5.41) is 11.8. The number of aromatic amines is 1. The zero-order valence-corrected chi connectivity index (χ0v) is 11.1. The number of H-pyrrole nitrogens is 1. The van der Waals surface area contributed by atoms with Crippen molar-refractivity contribution in [2.45, 2.75) is 32.2 Å². The topological polar surface area (TPSA) is 99.3 Å². The first-order valence-corrected chi connectivity index (χ1v) is 6.76. The van der Waals surface area contributed by atoms with Crippen molar-refractivity contribution in [1.29, 1.82) is 0 Å². The second kappa shape index (κ2) is 6.36. The van der Waals surface area contributed by atoms with E-state index in [4.69, 9.17) is 0 Å². The molecule has 6 nitrogen and oxygen atoms in total. The number of carboxylic acids is 1. The van der Waals surface area contributed by atoms with Crippen molar-refractivity contribution in [3.8, 4) is 0 Å². The lowest BCUT2D eigenvalue weighted by atomic mass is 9.90. The highest BCUT2D eigenvalue weighted by molar-refractivity contribution is 5.97. The van der Waals surface area contributed by atoms with E-state index in [0.717, 1.165) is 25.7 Å². The highest BCUT2D eigenvalue weighted by Gasteiger charge is 2.36. The Labute approximate surface area is 116 Å². The van der Waals surface area contributed by atoms with E-state index in [-0.39, 0.29) is 18.0 Å². The number of carbonyl (C=O) groups excluding carboxylic acids is 1. The van der Waals surface area contributed by atoms with Crippen molar-refractivity contribution in [2.75, 3.05) is 0 Å². The van der Waals surface area contributed by atoms with Crippen LogP contribution in [0.5, 0.6) is 0 Å². The van der Waals surface area contributed by atoms with E-state index in [9.17, 15) is 19.5 Å². The fourth-order valence-corrected chi connectivity index (χ4v) is 2.71. The van der Waals surface area contributed by atoms with Crippen LogP contribution in [0.2, 0.25) is 0 Å². The van der Waals surface area contributed by atoms with Crippen LogP contribution in [0, 0.1) is 11.8 Å². The van der Waals surface area contributed by atoms with Gasteiger partial charge in [0.25, 0.3) is 0 Å². The lowest BCUT2D eigenvalue weighted by Gasteiger charge is -2.18. The molecule has 1 unspecified atom stereocenters. The molecule has 1 atom stereocenters. The van der Waals surface area contributed by atoms with E-state index in [0.29, 0.717) is 5.69 Å². The molecule has 3 N–H and O–H groups in total. The normalized spacial score (nSPS) is 16.8. The standard InChI is InChI=1S/C14H18N2O4/c17-11-7-3-6-10(16-11)8-15-13(18)12(14(19)20)9-4-1-2-5-9/h3,6-7,9,12H,1-2,4-5,8H2,(H,15,18)(H,16,17)(H,19,20). The maximum Gasteiger partial charge on any atom is 0.316 e. The van der Waals surface area contributed by atoms with Gasteiger partial charge in [0.2, 0.25) is 11.5 Å². The predicted molar refractivity (Wildman–Crippen MR) is 72.0 cm³/mol. The smallest absolute Gasteiger partial charge is 0.316 e. The van der Waals surface area contributed by atoms with E-state index >= 15 is 0 Å². The molecule has 0 aliphatic heterocycles. The van der Waals surface area contributed by atoms with Crippen LogP contribution in [0.4, 0.5) is 0 Å². The first-order chi connectivity index (χ1) is 9.58. The Bertz CT molecular complexity index is 546. The van der Waals surface area contributed by atoms with E-state index < -0.39 is 17.8 Å². The first-order valence-electron chi connectivity index (χ1n) is 6.76. The Morgan fingerprint density at radius 2 is 2.05 bits per heavy atom. The number of hydrogen-bond donors (Lipinski definition) is 3. The van der Waals surface area contributed by atoms with Crippen molar-refractivity contribution in [2.24, 2.45) is 11.8 Å². The molecule has 0 bridgehead atoms. The molecule has 6 heteroatoms. The lowest BCUT2D eigenvalue weighted by molar-refractivity contribution is -0.149. The SMILES string of the molecule is O=C(O)C(C(=O)NCc1cccc(=O)[nH]1)C1CCCC1. The molecule has 1 aliphatic carbocycles. The largest absolute Gasteiger partial charge is 0.481 e. The molecule has 1 aromatic rings. The van der Waals surface area contributed by atoms with Gasteiger partial charge < -0.3 is 15.4 Å². The summed E-state index contributed by atoms with van der Waals surface area (Å²) in [5.41, 5.74) is 0.309. The second-order valence-corrected chi connectivity index (χ2v) is 5.12. The minimum Gasteiger partial charge on any atom is -0.481 e. The molecule has 1 heterocycles. The van der Waals surface area contributed by atoms with Gasteiger partial charge in [0.1, 0.15) is 5.92 Å². The van der Waals surface area contributed by atoms with Crippen molar-refractivity contribution in [3.05, 3.63) is 34.2 Å². The van der Waals surface area contributed by atoms with Gasteiger partial charge in [-0.2, -0.15) is 0 Å². The Kier molecular flexibility index (Phi) is 4.55. The van der Waals surface area contributed by atoms with E-state index in [1.165, 1.54) is 6.07 Å². The molecule has 0 spiro atoms. The Hall–Kier alpha value is -2.11. The summed E-state index contributed by atoms with van der Waals surface area (Å²) in [6.07, 6.45) is 3.53. The summed E-state index contributed by atoms with van der Waals surface area (Å²) in [6, 6.07) is 4.64. The van der Waals surface area contributed by atoms with Gasteiger partial charge in [-0.15, -0.1) is 0 Å². The molecule has 1 fully saturated rings. The molecule has 108 valence electrons. The molecule has 1 aliphatic rings. The highest BCUT2D eigenvalue weighted by atomic mass is 16.4. The summed E-state index contributed by atoms with van der Waals surface area (Å²) in [6.45, 7) is 0.130. The molecular formula is C14H18N2O4. The second-order valence-electron chi connectivity index (χ2n) is 5.12. The first kappa shape index (κ1) is 14.3. The number of aliphatic carboxylic acids is 1. The van der Waals surface area contributed by atoms with Gasteiger partial charge in [-0.05, 0) is 24.8 Å². The molecule has 0 saturated heterocycles. The van der Waals surface area contributed by atoms with Gasteiger partial charge in [-0.25, -0.2) is 0 Å². The minimum absolute atomic E-state index is 0.0812. The average molecular weight is 278 g/mol. The monoisotopic (exact) mass is 278 g/mol. The van der Waals surface area contributed by atoms with Crippen LogP contribution in [0.3, 0.4) is 0 Å². The third-order valence-electron chi connectivity index (χ3n) is 3.70. The zero-order valence-electron chi connectivity index (χ0n) is 11.1. The average Bonchev–Trinajstić information content (AvgIpc) is 2.90. The van der Waals surface area contributed by atoms with Crippen LogP contribution >= 0.6 is 0 Å². The van der Waals surface area contributed by atoms with Crippen LogP contribution in [-0.4, -0.2) is 22.0 Å². The number of nitrogens with one attached hydrogen (secondary N) is 2. The number of pyridine rings is 1. The van der Waals surface area contributed by atoms with E-state index in [1.807, 2.05) is 0 Å². The zero-order chi connectivity index (χ0) is 14.5. The van der Waals surface area contributed by atoms with E-state index in [2.05, 4.69) is 10.3 Å². The number of aromatic nitrogens is 1. The lowest BCUT2D eigenvalue weighted by Crippen LogP contribution is -2.39. The summed E-state index contributed by atoms with van der Waals surface area (Å²) >= 11 is 0. The molecule has 20 heavy (non-hydrogen) atoms. The molecule has 1 saturated carbocycles. The van der Waals surface area contributed by atoms with Gasteiger partial charge >= 0.3 is 5.97 Å². The van der Waals surface area contributed by atoms with Crippen LogP contribution in [0.15, 0.2) is 23.0 Å². The number of amides is 1. The number of rotatable bonds is 5. The summed E-state index contributed by atoms with van der Waals surface area (Å²) in [4.78, 5) is 37.0. The molecule has 0 aromatic carbocycles. The third-order valence-corrected chi connectivity index (χ3v) is 3.70. The van der Waals surface area contributed by atoms with Crippen molar-refractivity contribution in [1.82, 2.24) is 10.3 Å². The van der Waals surface area contributed by atoms with Crippen LogP contribution in [-0.2, 0) is 16.1 Å². The molecule has 0 radical (unpaired) electrons. The predicted octanol–water partition coefficient (Wildman–Crippen LogP) is 0.882. The fourth-order valence-electron chi connectivity index (χ4n) is 2.71. The minimum atomic E-state index is -1.07. The van der Waals surface area contributed by atoms with Gasteiger partial charge in [0.05, 0.1) is 6.54 Å². The third kappa shape index (κ3) is 3.46. The number of carbonyl (C=O) groups is 2. The number of carboxylic acid groups (broad SMARTS) is 1. The maximum atomic E-state index is 12.0. The summed E-state index contributed by atoms with van der Waals surface area (Å²) in [5.74, 6) is -2.62. The molecule has 2 rings (SSSR count). The quantitative estimate of drug-likeness (QED) is 0.696.